The van der Waals surface area contributed by atoms with E-state index in [0.29, 0.717) is 11.1 Å². The summed E-state index contributed by atoms with van der Waals surface area (Å²) < 4.78 is 46.0. The van der Waals surface area contributed by atoms with E-state index in [1.54, 1.807) is 6.07 Å². The van der Waals surface area contributed by atoms with Gasteiger partial charge in [0.1, 0.15) is 19.0 Å². The number of benzene rings is 1. The number of para-hydroxylation sites is 1. The van der Waals surface area contributed by atoms with E-state index in [1.807, 2.05) is 12.1 Å². The van der Waals surface area contributed by atoms with Crippen LogP contribution >= 0.6 is 31.9 Å². The molecule has 0 saturated heterocycles. The lowest BCUT2D eigenvalue weighted by atomic mass is 10.2. The van der Waals surface area contributed by atoms with E-state index in [1.165, 1.54) is 0 Å². The molecule has 0 atom stereocenters. The molecule has 0 bridgehead atoms. The number of rotatable bonds is 6. The van der Waals surface area contributed by atoms with Crippen LogP contribution in [0.3, 0.4) is 0 Å². The van der Waals surface area contributed by atoms with E-state index in [9.17, 15) is 13.2 Å². The van der Waals surface area contributed by atoms with Crippen LogP contribution in [0.5, 0.6) is 5.75 Å². The van der Waals surface area contributed by atoms with Gasteiger partial charge in [0.05, 0.1) is 11.1 Å². The average molecular weight is 392 g/mol. The minimum atomic E-state index is -4.30. The van der Waals surface area contributed by atoms with Crippen molar-refractivity contribution < 1.29 is 22.6 Å². The number of halogens is 5. The first-order valence-electron chi connectivity index (χ1n) is 5.04. The molecule has 0 amide bonds. The summed E-state index contributed by atoms with van der Waals surface area (Å²) in [6.45, 7) is -1.29. The van der Waals surface area contributed by atoms with Gasteiger partial charge in [-0.3, -0.25) is 0 Å². The molecule has 1 aromatic carbocycles. The van der Waals surface area contributed by atoms with Gasteiger partial charge in [-0.1, -0.05) is 28.1 Å². The zero-order chi connectivity index (χ0) is 13.6. The number of ether oxygens (including phenoxy) is 2. The average Bonchev–Trinajstić information content (AvgIpc) is 2.29. The Labute approximate surface area is 120 Å². The Balaban J connectivity index is 2.40. The summed E-state index contributed by atoms with van der Waals surface area (Å²) in [6.07, 6.45) is -4.30. The molecule has 0 aliphatic rings. The van der Waals surface area contributed by atoms with Crippen molar-refractivity contribution in [1.29, 1.82) is 0 Å². The van der Waals surface area contributed by atoms with Gasteiger partial charge < -0.3 is 9.47 Å². The number of hydrogen-bond donors (Lipinski definition) is 0. The van der Waals surface area contributed by atoms with Gasteiger partial charge in [-0.2, -0.15) is 13.2 Å². The van der Waals surface area contributed by atoms with Crippen LogP contribution < -0.4 is 4.74 Å². The van der Waals surface area contributed by atoms with E-state index in [0.717, 1.165) is 10.0 Å². The third kappa shape index (κ3) is 5.58. The lowest BCUT2D eigenvalue weighted by molar-refractivity contribution is -0.175. The van der Waals surface area contributed by atoms with Crippen molar-refractivity contribution in [2.75, 3.05) is 19.8 Å². The third-order valence-electron chi connectivity index (χ3n) is 1.93. The van der Waals surface area contributed by atoms with E-state index < -0.39 is 12.8 Å². The smallest absolute Gasteiger partial charge is 0.411 e. The van der Waals surface area contributed by atoms with Gasteiger partial charge in [-0.25, -0.2) is 0 Å². The zero-order valence-corrected chi connectivity index (χ0v) is 12.4. The SMILES string of the molecule is FC(F)(F)COCCOc1c(Br)cccc1CBr. The second kappa shape index (κ2) is 7.35. The molecule has 0 saturated carbocycles. The summed E-state index contributed by atoms with van der Waals surface area (Å²) in [5.41, 5.74) is 0.917. The van der Waals surface area contributed by atoms with Gasteiger partial charge in [-0.15, -0.1) is 0 Å². The molecule has 1 rings (SSSR count). The summed E-state index contributed by atoms with van der Waals surface area (Å²) >= 11 is 6.63. The Kier molecular flexibility index (Phi) is 6.45. The molecule has 7 heteroatoms. The fourth-order valence-electron chi connectivity index (χ4n) is 1.21. The van der Waals surface area contributed by atoms with E-state index in [2.05, 4.69) is 36.6 Å². The maximum Gasteiger partial charge on any atom is 0.411 e. The zero-order valence-electron chi connectivity index (χ0n) is 9.27. The van der Waals surface area contributed by atoms with Gasteiger partial charge in [0.25, 0.3) is 0 Å². The van der Waals surface area contributed by atoms with Crippen molar-refractivity contribution in [3.05, 3.63) is 28.2 Å². The Bertz CT molecular complexity index is 383. The highest BCUT2D eigenvalue weighted by molar-refractivity contribution is 9.10. The molecule has 18 heavy (non-hydrogen) atoms. The summed E-state index contributed by atoms with van der Waals surface area (Å²) in [5, 5.41) is 0.602. The Hall–Kier alpha value is -0.270. The third-order valence-corrected chi connectivity index (χ3v) is 3.16. The minimum absolute atomic E-state index is 0.0681. The molecule has 0 unspecified atom stereocenters. The predicted octanol–water partition coefficient (Wildman–Crippen LogP) is 4.30. The van der Waals surface area contributed by atoms with E-state index in [4.69, 9.17) is 4.74 Å². The predicted molar refractivity (Wildman–Crippen MR) is 69.1 cm³/mol. The summed E-state index contributed by atoms with van der Waals surface area (Å²) in [7, 11) is 0. The topological polar surface area (TPSA) is 18.5 Å². The Morgan fingerprint density at radius 2 is 1.89 bits per heavy atom. The lowest BCUT2D eigenvalue weighted by Crippen LogP contribution is -2.19. The largest absolute Gasteiger partial charge is 0.490 e. The highest BCUT2D eigenvalue weighted by atomic mass is 79.9. The van der Waals surface area contributed by atoms with Crippen LogP contribution in [0, 0.1) is 0 Å². The van der Waals surface area contributed by atoms with Crippen LogP contribution in [0.2, 0.25) is 0 Å². The van der Waals surface area contributed by atoms with Crippen LogP contribution in [0.1, 0.15) is 5.56 Å². The molecule has 1 aromatic rings. The Morgan fingerprint density at radius 3 is 2.50 bits per heavy atom. The van der Waals surface area contributed by atoms with Crippen LogP contribution in [-0.4, -0.2) is 26.0 Å². The van der Waals surface area contributed by atoms with Crippen molar-refractivity contribution >= 4 is 31.9 Å². The first-order chi connectivity index (χ1) is 8.44. The van der Waals surface area contributed by atoms with Crippen LogP contribution in [0.25, 0.3) is 0 Å². The molecular weight excluding hydrogens is 381 g/mol. The van der Waals surface area contributed by atoms with Crippen molar-refractivity contribution in [3.8, 4) is 5.75 Å². The number of hydrogen-bond acceptors (Lipinski definition) is 2. The second-order valence-corrected chi connectivity index (χ2v) is 4.79. The maximum atomic E-state index is 11.8. The van der Waals surface area contributed by atoms with Crippen LogP contribution in [0.4, 0.5) is 13.2 Å². The molecule has 0 aliphatic carbocycles. The lowest BCUT2D eigenvalue weighted by Gasteiger charge is -2.12. The quantitative estimate of drug-likeness (QED) is 0.531. The highest BCUT2D eigenvalue weighted by Crippen LogP contribution is 2.30. The van der Waals surface area contributed by atoms with E-state index in [-0.39, 0.29) is 13.2 Å². The molecule has 0 N–H and O–H groups in total. The first-order valence-corrected chi connectivity index (χ1v) is 6.96. The van der Waals surface area contributed by atoms with Crippen molar-refractivity contribution in [2.45, 2.75) is 11.5 Å². The van der Waals surface area contributed by atoms with Crippen molar-refractivity contribution in [1.82, 2.24) is 0 Å². The second-order valence-electron chi connectivity index (χ2n) is 3.38. The summed E-state index contributed by atoms with van der Waals surface area (Å²) in [6, 6.07) is 5.52. The van der Waals surface area contributed by atoms with Crippen molar-refractivity contribution in [2.24, 2.45) is 0 Å². The minimum Gasteiger partial charge on any atom is -0.490 e. The number of alkyl halides is 4. The van der Waals surface area contributed by atoms with E-state index >= 15 is 0 Å². The maximum absolute atomic E-state index is 11.8. The van der Waals surface area contributed by atoms with Gasteiger partial charge >= 0.3 is 6.18 Å². The fraction of sp³-hybridized carbons (Fsp3) is 0.455. The summed E-state index contributed by atoms with van der Waals surface area (Å²) in [4.78, 5) is 0. The van der Waals surface area contributed by atoms with Crippen molar-refractivity contribution in [3.63, 3.8) is 0 Å². The fourth-order valence-corrected chi connectivity index (χ4v) is 2.17. The molecule has 0 aromatic heterocycles. The molecule has 0 fully saturated rings. The normalized spacial score (nSPS) is 11.6. The monoisotopic (exact) mass is 390 g/mol. The molecule has 102 valence electrons. The van der Waals surface area contributed by atoms with Gasteiger partial charge in [-0.05, 0) is 22.0 Å². The molecule has 0 aliphatic heterocycles. The van der Waals surface area contributed by atoms with Crippen LogP contribution in [-0.2, 0) is 10.1 Å². The molecule has 0 radical (unpaired) electrons. The van der Waals surface area contributed by atoms with Gasteiger partial charge in [0, 0.05) is 10.9 Å². The molecular formula is C11H11Br2F3O2. The molecule has 0 heterocycles. The standard InChI is InChI=1S/C11H11Br2F3O2/c12-6-8-2-1-3-9(13)10(8)18-5-4-17-7-11(14,15)16/h1-3H,4-7H2. The van der Waals surface area contributed by atoms with Gasteiger partial charge in [0.2, 0.25) is 0 Å². The van der Waals surface area contributed by atoms with Gasteiger partial charge in [0.15, 0.2) is 0 Å². The van der Waals surface area contributed by atoms with Crippen LogP contribution in [0.15, 0.2) is 22.7 Å². The highest BCUT2D eigenvalue weighted by Gasteiger charge is 2.27. The first kappa shape index (κ1) is 15.8. The Morgan fingerprint density at radius 1 is 1.17 bits per heavy atom. The molecule has 2 nitrogen and oxygen atoms in total. The summed E-state index contributed by atoms with van der Waals surface area (Å²) in [5.74, 6) is 0.616. The molecule has 0 spiro atoms.